The molecule has 4 nitrogen and oxygen atoms in total. The van der Waals surface area contributed by atoms with E-state index in [0.29, 0.717) is 11.4 Å². The van der Waals surface area contributed by atoms with Crippen LogP contribution < -0.4 is 0 Å². The second kappa shape index (κ2) is 16.0. The molecule has 0 spiro atoms. The van der Waals surface area contributed by atoms with Crippen LogP contribution in [0.1, 0.15) is 95.7 Å². The Bertz CT molecular complexity index is 3250. The molecule has 0 atom stereocenters. The Morgan fingerprint density at radius 1 is 0.462 bits per heavy atom. The van der Waals surface area contributed by atoms with Crippen molar-refractivity contribution in [3.05, 3.63) is 179 Å². The van der Waals surface area contributed by atoms with Crippen LogP contribution >= 0.6 is 0 Å². The van der Waals surface area contributed by atoms with E-state index >= 15 is 0 Å². The zero-order valence-corrected chi connectivity index (χ0v) is 40.1. The molecule has 0 fully saturated rings. The molecule has 0 aliphatic carbocycles. The molecule has 2 aromatic heterocycles. The largest absolute Gasteiger partial charge is 0.507 e. The van der Waals surface area contributed by atoms with Gasteiger partial charge in [0.25, 0.3) is 0 Å². The Morgan fingerprint density at radius 2 is 1.05 bits per heavy atom. The van der Waals surface area contributed by atoms with Gasteiger partial charge in [-0.05, 0) is 159 Å². The summed E-state index contributed by atoms with van der Waals surface area (Å²) in [6.07, 6.45) is 1.94. The number of pyridine rings is 1. The minimum Gasteiger partial charge on any atom is -0.507 e. The first-order valence-electron chi connectivity index (χ1n) is 23.0. The molecule has 9 rings (SSSR count). The number of phenols is 1. The quantitative estimate of drug-likeness (QED) is 0.181. The van der Waals surface area contributed by atoms with Gasteiger partial charge in [0.2, 0.25) is 0 Å². The number of hydrogen-bond acceptors (Lipinski definition) is 3. The summed E-state index contributed by atoms with van der Waals surface area (Å²) in [4.78, 5) is 10.7. The number of fused-ring (bicyclic) bond motifs is 2. The molecule has 0 saturated heterocycles. The van der Waals surface area contributed by atoms with Gasteiger partial charge in [-0.1, -0.05) is 147 Å². The smallest absolute Gasteiger partial charge is 0.149 e. The van der Waals surface area contributed by atoms with Crippen LogP contribution in [0.3, 0.4) is 0 Å². The molecule has 0 unspecified atom stereocenters. The summed E-state index contributed by atoms with van der Waals surface area (Å²) >= 11 is 0. The van der Waals surface area contributed by atoms with Crippen LogP contribution in [-0.4, -0.2) is 19.6 Å². The Labute approximate surface area is 385 Å². The van der Waals surface area contributed by atoms with Crippen molar-refractivity contribution in [2.24, 2.45) is 0 Å². The van der Waals surface area contributed by atoms with Gasteiger partial charge >= 0.3 is 0 Å². The highest BCUT2D eigenvalue weighted by molar-refractivity contribution is 6.04. The third-order valence-electron chi connectivity index (χ3n) is 13.1. The van der Waals surface area contributed by atoms with Crippen LogP contribution in [0.25, 0.3) is 83.5 Å². The molecular weight excluding hydrogens is 791 g/mol. The number of phenolic OH excluding ortho intramolecular Hbond substituents is 1. The van der Waals surface area contributed by atoms with Crippen molar-refractivity contribution in [3.8, 4) is 67.3 Å². The Hall–Kier alpha value is -6.78. The van der Waals surface area contributed by atoms with E-state index in [1.165, 1.54) is 44.5 Å². The topological polar surface area (TPSA) is 50.9 Å². The molecule has 2 heterocycles. The van der Waals surface area contributed by atoms with Crippen molar-refractivity contribution in [1.29, 1.82) is 0 Å². The molecule has 4 heteroatoms. The maximum absolute atomic E-state index is 11.8. The lowest BCUT2D eigenvalue weighted by atomic mass is 9.83. The SMILES string of the molecule is Cc1cc(C)c(-c2cc(-c3cccc(-c4cc(C(C)(C)C)cc5c(-c6ccccc6)ccnc45)c3)c3nc(-c4cc(C(C)(C)C)ccc4O)n(-c4ccc(C(C)(C)C)cc4)c3c2)c(C)c1. The van der Waals surface area contributed by atoms with E-state index in [1.54, 1.807) is 0 Å². The van der Waals surface area contributed by atoms with Crippen molar-refractivity contribution in [3.63, 3.8) is 0 Å². The second-order valence-corrected chi connectivity index (χ2v) is 21.2. The van der Waals surface area contributed by atoms with E-state index in [9.17, 15) is 5.11 Å². The van der Waals surface area contributed by atoms with Crippen molar-refractivity contribution in [1.82, 2.24) is 14.5 Å². The van der Waals surface area contributed by atoms with E-state index in [2.05, 4.69) is 215 Å². The lowest BCUT2D eigenvalue weighted by Crippen LogP contribution is -2.11. The first kappa shape index (κ1) is 43.5. The highest BCUT2D eigenvalue weighted by atomic mass is 16.3. The first-order chi connectivity index (χ1) is 30.8. The number of imidazole rings is 1. The lowest BCUT2D eigenvalue weighted by Gasteiger charge is -2.22. The van der Waals surface area contributed by atoms with Gasteiger partial charge in [0.15, 0.2) is 0 Å². The molecule has 1 N–H and O–H groups in total. The van der Waals surface area contributed by atoms with Crippen LogP contribution in [-0.2, 0) is 16.2 Å². The molecule has 0 amide bonds. The standard InChI is InChI=1S/C61H61N3O/c1-37-29-38(2)55(39(3)30-37)43-32-49(41-19-16-20-42(31-41)50-35-46(61(10,11)12)36-51-48(27-28-62-56(50)51)40-17-14-13-15-18-40)57-53(33-43)64(47-24-21-44(22-25-47)59(4,5)6)58(63-57)52-34-45(60(7,8)9)23-26-54(52)65/h13-36,65H,1-12H3. The molecule has 9 aromatic rings. The van der Waals surface area contributed by atoms with Crippen LogP contribution in [0, 0.1) is 20.8 Å². The van der Waals surface area contributed by atoms with E-state index in [-0.39, 0.29) is 22.0 Å². The Balaban J connectivity index is 1.37. The number of rotatable bonds is 6. The lowest BCUT2D eigenvalue weighted by molar-refractivity contribution is 0.475. The molecular formula is C61H61N3O. The van der Waals surface area contributed by atoms with Crippen LogP contribution in [0.5, 0.6) is 5.75 Å². The summed E-state index contributed by atoms with van der Waals surface area (Å²) < 4.78 is 2.26. The summed E-state index contributed by atoms with van der Waals surface area (Å²) in [5.74, 6) is 0.892. The third-order valence-corrected chi connectivity index (χ3v) is 13.1. The predicted octanol–water partition coefficient (Wildman–Crippen LogP) is 16.4. The monoisotopic (exact) mass is 851 g/mol. The molecule has 0 radical (unpaired) electrons. The summed E-state index contributed by atoms with van der Waals surface area (Å²) in [7, 11) is 0. The molecule has 0 saturated carbocycles. The third kappa shape index (κ3) is 8.16. The maximum atomic E-state index is 11.8. The van der Waals surface area contributed by atoms with Crippen molar-refractivity contribution in [2.45, 2.75) is 99.3 Å². The average Bonchev–Trinajstić information content (AvgIpc) is 3.64. The number of hydrogen-bond donors (Lipinski definition) is 1. The highest BCUT2D eigenvalue weighted by Crippen LogP contribution is 2.44. The zero-order chi connectivity index (χ0) is 46.2. The van der Waals surface area contributed by atoms with Crippen molar-refractivity contribution >= 4 is 21.9 Å². The minimum absolute atomic E-state index is 0.0140. The summed E-state index contributed by atoms with van der Waals surface area (Å²) in [6.45, 7) is 26.8. The van der Waals surface area contributed by atoms with Gasteiger partial charge in [-0.25, -0.2) is 4.98 Å². The van der Waals surface area contributed by atoms with Crippen LogP contribution in [0.15, 0.2) is 146 Å². The summed E-state index contributed by atoms with van der Waals surface area (Å²) in [5.41, 5.74) is 20.5. The Kier molecular flexibility index (Phi) is 10.7. The molecule has 7 aromatic carbocycles. The van der Waals surface area contributed by atoms with Gasteiger partial charge in [-0.15, -0.1) is 0 Å². The van der Waals surface area contributed by atoms with Gasteiger partial charge in [-0.2, -0.15) is 0 Å². The highest BCUT2D eigenvalue weighted by Gasteiger charge is 2.26. The predicted molar refractivity (Wildman–Crippen MR) is 276 cm³/mol. The number of aryl methyl sites for hydroxylation is 3. The number of benzene rings is 7. The normalized spacial score (nSPS) is 12.4. The van der Waals surface area contributed by atoms with E-state index in [4.69, 9.17) is 9.97 Å². The van der Waals surface area contributed by atoms with Gasteiger partial charge in [-0.3, -0.25) is 9.55 Å². The zero-order valence-electron chi connectivity index (χ0n) is 40.1. The van der Waals surface area contributed by atoms with Crippen LogP contribution in [0.4, 0.5) is 0 Å². The fourth-order valence-electron chi connectivity index (χ4n) is 9.54. The summed E-state index contributed by atoms with van der Waals surface area (Å²) in [6, 6.07) is 50.4. The van der Waals surface area contributed by atoms with E-state index in [1.807, 2.05) is 18.3 Å². The molecule has 0 aliphatic rings. The fourth-order valence-corrected chi connectivity index (χ4v) is 9.54. The van der Waals surface area contributed by atoms with Crippen LogP contribution in [0.2, 0.25) is 0 Å². The van der Waals surface area contributed by atoms with Crippen molar-refractivity contribution in [2.75, 3.05) is 0 Å². The molecule has 0 bridgehead atoms. The second-order valence-electron chi connectivity index (χ2n) is 21.2. The first-order valence-corrected chi connectivity index (χ1v) is 23.0. The number of aromatic nitrogens is 3. The number of nitrogens with zero attached hydrogens (tertiary/aromatic N) is 3. The van der Waals surface area contributed by atoms with Gasteiger partial charge < -0.3 is 5.11 Å². The van der Waals surface area contributed by atoms with E-state index < -0.39 is 0 Å². The Morgan fingerprint density at radius 3 is 1.68 bits per heavy atom. The maximum Gasteiger partial charge on any atom is 0.149 e. The van der Waals surface area contributed by atoms with Crippen molar-refractivity contribution < 1.29 is 5.11 Å². The summed E-state index contributed by atoms with van der Waals surface area (Å²) in [5, 5.41) is 12.9. The van der Waals surface area contributed by atoms with Gasteiger partial charge in [0.05, 0.1) is 22.1 Å². The van der Waals surface area contributed by atoms with Gasteiger partial charge in [0, 0.05) is 28.4 Å². The average molecular weight is 852 g/mol. The minimum atomic E-state index is -0.141. The van der Waals surface area contributed by atoms with E-state index in [0.717, 1.165) is 61.0 Å². The molecule has 65 heavy (non-hydrogen) atoms. The molecule has 0 aliphatic heterocycles. The number of aromatic hydroxyl groups is 1. The van der Waals surface area contributed by atoms with Gasteiger partial charge in [0.1, 0.15) is 11.6 Å². The fraction of sp³-hybridized carbons (Fsp3) is 0.246. The molecule has 326 valence electrons.